The van der Waals surface area contributed by atoms with Crippen LogP contribution in [0.4, 0.5) is 5.13 Å². The number of thiazole rings is 1. The van der Waals surface area contributed by atoms with Gasteiger partial charge < -0.3 is 0 Å². The number of carbonyl (C=O) groups is 1. The van der Waals surface area contributed by atoms with Crippen molar-refractivity contribution in [1.82, 2.24) is 4.98 Å². The van der Waals surface area contributed by atoms with Crippen LogP contribution in [-0.2, 0) is 4.79 Å². The van der Waals surface area contributed by atoms with Crippen LogP contribution in [-0.4, -0.2) is 16.1 Å². The van der Waals surface area contributed by atoms with Crippen LogP contribution >= 0.6 is 34.7 Å². The molecule has 104 valence electrons. The molecule has 1 saturated heterocycles. The summed E-state index contributed by atoms with van der Waals surface area (Å²) in [5.41, 5.74) is 1.04. The van der Waals surface area contributed by atoms with E-state index in [9.17, 15) is 4.79 Å². The second-order valence-electron chi connectivity index (χ2n) is 4.65. The highest BCUT2D eigenvalue weighted by atomic mass is 35.5. The molecule has 1 aliphatic heterocycles. The first-order valence-corrected chi connectivity index (χ1v) is 8.36. The fourth-order valence-corrected chi connectivity index (χ4v) is 4.46. The Balaban J connectivity index is 2.02. The predicted molar refractivity (Wildman–Crippen MR) is 85.6 cm³/mol. The molecule has 0 N–H and O–H groups in total. The van der Waals surface area contributed by atoms with Gasteiger partial charge in [-0.3, -0.25) is 9.69 Å². The summed E-state index contributed by atoms with van der Waals surface area (Å²) in [6.07, 6.45) is 1.80. The molecular formula is C14H13ClN2OS2. The Morgan fingerprint density at radius 3 is 2.85 bits per heavy atom. The van der Waals surface area contributed by atoms with Crippen LogP contribution in [0.25, 0.3) is 0 Å². The molecule has 2 heterocycles. The topological polar surface area (TPSA) is 33.2 Å². The van der Waals surface area contributed by atoms with Crippen molar-refractivity contribution in [1.29, 1.82) is 0 Å². The Bertz CT molecular complexity index is 658. The van der Waals surface area contributed by atoms with Gasteiger partial charge in [0.2, 0.25) is 5.91 Å². The Labute approximate surface area is 131 Å². The first-order valence-electron chi connectivity index (χ1n) is 6.22. The molecule has 0 unspecified atom stereocenters. The fraction of sp³-hybridized carbons (Fsp3) is 0.286. The number of hydrogen-bond donors (Lipinski definition) is 0. The van der Waals surface area contributed by atoms with Gasteiger partial charge >= 0.3 is 0 Å². The minimum absolute atomic E-state index is 0.0539. The van der Waals surface area contributed by atoms with E-state index in [1.807, 2.05) is 38.1 Å². The zero-order valence-electron chi connectivity index (χ0n) is 11.0. The highest BCUT2D eigenvalue weighted by Crippen LogP contribution is 2.46. The molecule has 2 aromatic rings. The Morgan fingerprint density at radius 2 is 2.20 bits per heavy atom. The molecule has 20 heavy (non-hydrogen) atoms. The van der Waals surface area contributed by atoms with Gasteiger partial charge in [0.25, 0.3) is 0 Å². The van der Waals surface area contributed by atoms with Gasteiger partial charge in [0, 0.05) is 16.1 Å². The highest BCUT2D eigenvalue weighted by Gasteiger charge is 2.40. The summed E-state index contributed by atoms with van der Waals surface area (Å²) in [5, 5.41) is 1.32. The molecule has 0 spiro atoms. The third kappa shape index (κ3) is 2.45. The van der Waals surface area contributed by atoms with E-state index >= 15 is 0 Å². The second kappa shape index (κ2) is 5.39. The molecule has 0 radical (unpaired) electrons. The molecule has 2 atom stereocenters. The molecule has 0 aliphatic carbocycles. The Morgan fingerprint density at radius 1 is 1.40 bits per heavy atom. The van der Waals surface area contributed by atoms with Crippen molar-refractivity contribution in [2.75, 3.05) is 4.90 Å². The lowest BCUT2D eigenvalue weighted by atomic mass is 10.2. The number of thioether (sulfide) groups is 1. The van der Waals surface area contributed by atoms with E-state index in [1.54, 1.807) is 34.2 Å². The predicted octanol–water partition coefficient (Wildman–Crippen LogP) is 4.27. The standard InChI is InChI=1S/C14H13ClN2OS2/c1-8-7-16-14(19-8)17-12(18)9(2)20-13(17)10-4-3-5-11(15)6-10/h3-7,9,13H,1-2H3/t9-,13-/m1/s1. The fourth-order valence-electron chi connectivity index (χ4n) is 2.16. The third-order valence-corrected chi connectivity index (χ3v) is 5.60. The van der Waals surface area contributed by atoms with E-state index in [0.717, 1.165) is 15.6 Å². The van der Waals surface area contributed by atoms with Crippen LogP contribution in [0, 0.1) is 6.92 Å². The van der Waals surface area contributed by atoms with Gasteiger partial charge in [0.15, 0.2) is 5.13 Å². The number of benzene rings is 1. The van der Waals surface area contributed by atoms with Crippen molar-refractivity contribution in [3.8, 4) is 0 Å². The number of nitrogens with zero attached hydrogens (tertiary/aromatic N) is 2. The summed E-state index contributed by atoms with van der Waals surface area (Å²) in [7, 11) is 0. The van der Waals surface area contributed by atoms with Crippen LogP contribution in [0.2, 0.25) is 5.02 Å². The maximum atomic E-state index is 12.4. The smallest absolute Gasteiger partial charge is 0.242 e. The molecule has 0 bridgehead atoms. The number of hydrogen-bond acceptors (Lipinski definition) is 4. The largest absolute Gasteiger partial charge is 0.273 e. The van der Waals surface area contributed by atoms with Gasteiger partial charge in [0.1, 0.15) is 5.37 Å². The van der Waals surface area contributed by atoms with Gasteiger partial charge in [-0.15, -0.1) is 23.1 Å². The quantitative estimate of drug-likeness (QED) is 0.827. The molecule has 1 aliphatic rings. The molecule has 1 amide bonds. The average Bonchev–Trinajstić information content (AvgIpc) is 2.95. The molecule has 1 aromatic heterocycles. The zero-order valence-corrected chi connectivity index (χ0v) is 13.4. The molecule has 6 heteroatoms. The Hall–Kier alpha value is -1.04. The number of aryl methyl sites for hydroxylation is 1. The van der Waals surface area contributed by atoms with Crippen molar-refractivity contribution in [2.45, 2.75) is 24.5 Å². The van der Waals surface area contributed by atoms with Crippen molar-refractivity contribution in [3.05, 3.63) is 45.9 Å². The second-order valence-corrected chi connectivity index (χ2v) is 7.72. The first kappa shape index (κ1) is 13.9. The SMILES string of the molecule is Cc1cnc(N2C(=O)[C@@H](C)S[C@@H]2c2cccc(Cl)c2)s1. The highest BCUT2D eigenvalue weighted by molar-refractivity contribution is 8.01. The number of amides is 1. The lowest BCUT2D eigenvalue weighted by molar-refractivity contribution is -0.117. The lowest BCUT2D eigenvalue weighted by Crippen LogP contribution is -2.29. The van der Waals surface area contributed by atoms with Crippen molar-refractivity contribution in [3.63, 3.8) is 0 Å². The molecule has 1 fully saturated rings. The summed E-state index contributed by atoms with van der Waals surface area (Å²) < 4.78 is 0. The van der Waals surface area contributed by atoms with Gasteiger partial charge in [-0.05, 0) is 31.5 Å². The number of anilines is 1. The molecule has 3 rings (SSSR count). The van der Waals surface area contributed by atoms with Crippen molar-refractivity contribution in [2.24, 2.45) is 0 Å². The summed E-state index contributed by atoms with van der Waals surface area (Å²) >= 11 is 9.24. The summed E-state index contributed by atoms with van der Waals surface area (Å²) in [6, 6.07) is 7.67. The van der Waals surface area contributed by atoms with Gasteiger partial charge in [-0.1, -0.05) is 23.7 Å². The maximum Gasteiger partial charge on any atom is 0.242 e. The van der Waals surface area contributed by atoms with Gasteiger partial charge in [-0.2, -0.15) is 0 Å². The average molecular weight is 325 g/mol. The van der Waals surface area contributed by atoms with Crippen LogP contribution in [0.15, 0.2) is 30.5 Å². The molecule has 1 aromatic carbocycles. The number of rotatable bonds is 2. The zero-order chi connectivity index (χ0) is 14.3. The number of halogens is 1. The van der Waals surface area contributed by atoms with E-state index in [-0.39, 0.29) is 16.5 Å². The molecule has 3 nitrogen and oxygen atoms in total. The Kier molecular flexibility index (Phi) is 3.75. The molecular weight excluding hydrogens is 312 g/mol. The monoisotopic (exact) mass is 324 g/mol. The van der Waals surface area contributed by atoms with Gasteiger partial charge in [0.05, 0.1) is 5.25 Å². The number of carbonyl (C=O) groups excluding carboxylic acids is 1. The van der Waals surface area contributed by atoms with E-state index < -0.39 is 0 Å². The summed E-state index contributed by atoms with van der Waals surface area (Å²) in [4.78, 5) is 19.7. The van der Waals surface area contributed by atoms with Crippen LogP contribution in [0.1, 0.15) is 22.7 Å². The minimum atomic E-state index is -0.0665. The summed E-state index contributed by atoms with van der Waals surface area (Å²) in [5.74, 6) is 0.106. The number of aromatic nitrogens is 1. The first-order chi connectivity index (χ1) is 9.56. The van der Waals surface area contributed by atoms with Crippen molar-refractivity contribution >= 4 is 45.7 Å². The normalized spacial score (nSPS) is 22.6. The van der Waals surface area contributed by atoms with E-state index in [2.05, 4.69) is 4.98 Å². The van der Waals surface area contributed by atoms with Crippen LogP contribution in [0.3, 0.4) is 0 Å². The van der Waals surface area contributed by atoms with E-state index in [0.29, 0.717) is 5.02 Å². The van der Waals surface area contributed by atoms with E-state index in [4.69, 9.17) is 11.6 Å². The molecule has 0 saturated carbocycles. The van der Waals surface area contributed by atoms with Crippen molar-refractivity contribution < 1.29 is 4.79 Å². The van der Waals surface area contributed by atoms with Crippen LogP contribution in [0.5, 0.6) is 0 Å². The lowest BCUT2D eigenvalue weighted by Gasteiger charge is -2.21. The van der Waals surface area contributed by atoms with Crippen LogP contribution < -0.4 is 4.90 Å². The van der Waals surface area contributed by atoms with E-state index in [1.165, 1.54) is 0 Å². The van der Waals surface area contributed by atoms with Gasteiger partial charge in [-0.25, -0.2) is 4.98 Å². The minimum Gasteiger partial charge on any atom is -0.273 e. The summed E-state index contributed by atoms with van der Waals surface area (Å²) in [6.45, 7) is 3.93. The third-order valence-electron chi connectivity index (χ3n) is 3.10. The maximum absolute atomic E-state index is 12.4.